The number of alkyl carbamates (subject to hydrolysis) is 1. The van der Waals surface area contributed by atoms with E-state index in [2.05, 4.69) is 10.6 Å². The Bertz CT molecular complexity index is 713. The molecule has 1 atom stereocenters. The molecule has 0 aromatic heterocycles. The SMILES string of the molecule is COc1ccc(Cl)cc1C=C(CNC(=O)OC(C)(C)C)CNC(C)OC(C)=O. The normalized spacial score (nSPS) is 12.9. The first-order valence-electron chi connectivity index (χ1n) is 8.90. The van der Waals surface area contributed by atoms with Crippen LogP contribution in [0.1, 0.15) is 40.2 Å². The van der Waals surface area contributed by atoms with Crippen molar-refractivity contribution in [3.05, 3.63) is 34.4 Å². The van der Waals surface area contributed by atoms with Crippen molar-refractivity contribution in [3.8, 4) is 5.75 Å². The zero-order valence-corrected chi connectivity index (χ0v) is 18.0. The van der Waals surface area contributed by atoms with Gasteiger partial charge in [0.1, 0.15) is 11.4 Å². The van der Waals surface area contributed by atoms with Gasteiger partial charge in [0.2, 0.25) is 0 Å². The van der Waals surface area contributed by atoms with Gasteiger partial charge in [-0.05, 0) is 57.5 Å². The highest BCUT2D eigenvalue weighted by Crippen LogP contribution is 2.25. The summed E-state index contributed by atoms with van der Waals surface area (Å²) < 4.78 is 15.7. The lowest BCUT2D eigenvalue weighted by atomic mass is 10.1. The molecule has 7 nitrogen and oxygen atoms in total. The number of carbonyl (C=O) groups excluding carboxylic acids is 2. The van der Waals surface area contributed by atoms with E-state index in [1.165, 1.54) is 6.92 Å². The van der Waals surface area contributed by atoms with Crippen molar-refractivity contribution in [2.24, 2.45) is 0 Å². The van der Waals surface area contributed by atoms with E-state index < -0.39 is 17.9 Å². The first-order chi connectivity index (χ1) is 13.0. The second kappa shape index (κ2) is 10.9. The molecule has 0 bridgehead atoms. The van der Waals surface area contributed by atoms with Gasteiger partial charge in [-0.25, -0.2) is 4.79 Å². The first kappa shape index (κ1) is 23.8. The minimum Gasteiger partial charge on any atom is -0.496 e. The van der Waals surface area contributed by atoms with Gasteiger partial charge in [-0.2, -0.15) is 0 Å². The third kappa shape index (κ3) is 9.62. The van der Waals surface area contributed by atoms with E-state index in [0.29, 0.717) is 17.3 Å². The number of amides is 1. The van der Waals surface area contributed by atoms with E-state index in [1.807, 2.05) is 6.08 Å². The maximum Gasteiger partial charge on any atom is 0.407 e. The lowest BCUT2D eigenvalue weighted by Gasteiger charge is -2.21. The number of halogens is 1. The van der Waals surface area contributed by atoms with E-state index in [1.54, 1.807) is 53.0 Å². The summed E-state index contributed by atoms with van der Waals surface area (Å²) in [6.45, 7) is 9.04. The number of methoxy groups -OCH3 is 1. The average Bonchev–Trinajstić information content (AvgIpc) is 2.55. The van der Waals surface area contributed by atoms with Gasteiger partial charge in [0.15, 0.2) is 6.23 Å². The highest BCUT2D eigenvalue weighted by molar-refractivity contribution is 6.30. The maximum absolute atomic E-state index is 12.0. The molecule has 0 aliphatic rings. The molecular formula is C20H29ClN2O5. The van der Waals surface area contributed by atoms with E-state index in [9.17, 15) is 9.59 Å². The smallest absolute Gasteiger partial charge is 0.407 e. The van der Waals surface area contributed by atoms with E-state index in [0.717, 1.165) is 11.1 Å². The summed E-state index contributed by atoms with van der Waals surface area (Å²) in [6.07, 6.45) is 0.850. The summed E-state index contributed by atoms with van der Waals surface area (Å²) in [5, 5.41) is 6.37. The van der Waals surface area contributed by atoms with E-state index in [-0.39, 0.29) is 12.5 Å². The Kier molecular flexibility index (Phi) is 9.28. The van der Waals surface area contributed by atoms with Crippen molar-refractivity contribution >= 4 is 29.7 Å². The molecule has 0 saturated carbocycles. The van der Waals surface area contributed by atoms with Crippen LogP contribution in [0.15, 0.2) is 23.8 Å². The Morgan fingerprint density at radius 2 is 1.93 bits per heavy atom. The van der Waals surface area contributed by atoms with Crippen molar-refractivity contribution in [3.63, 3.8) is 0 Å². The molecule has 1 rings (SSSR count). The van der Waals surface area contributed by atoms with Crippen LogP contribution >= 0.6 is 11.6 Å². The third-order valence-electron chi connectivity index (χ3n) is 3.37. The molecule has 156 valence electrons. The van der Waals surface area contributed by atoms with Crippen LogP contribution < -0.4 is 15.4 Å². The number of carbonyl (C=O) groups is 2. The van der Waals surface area contributed by atoms with Crippen molar-refractivity contribution in [2.45, 2.75) is 46.4 Å². The second-order valence-corrected chi connectivity index (χ2v) is 7.61. The van der Waals surface area contributed by atoms with Crippen molar-refractivity contribution in [2.75, 3.05) is 20.2 Å². The number of esters is 1. The Morgan fingerprint density at radius 1 is 1.25 bits per heavy atom. The predicted octanol–water partition coefficient (Wildman–Crippen LogP) is 3.76. The minimum atomic E-state index is -0.591. The summed E-state index contributed by atoms with van der Waals surface area (Å²) in [4.78, 5) is 23.1. The van der Waals surface area contributed by atoms with Crippen LogP contribution in [0, 0.1) is 0 Å². The average molecular weight is 413 g/mol. The van der Waals surface area contributed by atoms with Gasteiger partial charge in [0.05, 0.1) is 7.11 Å². The Hall–Kier alpha value is -2.25. The molecule has 1 aromatic carbocycles. The molecule has 2 N–H and O–H groups in total. The zero-order chi connectivity index (χ0) is 21.3. The fraction of sp³-hybridized carbons (Fsp3) is 0.500. The predicted molar refractivity (Wildman–Crippen MR) is 109 cm³/mol. The number of hydrogen-bond donors (Lipinski definition) is 2. The number of nitrogens with one attached hydrogen (secondary N) is 2. The van der Waals surface area contributed by atoms with Crippen LogP contribution in [0.4, 0.5) is 4.79 Å². The number of rotatable bonds is 8. The van der Waals surface area contributed by atoms with Gasteiger partial charge in [-0.15, -0.1) is 0 Å². The zero-order valence-electron chi connectivity index (χ0n) is 17.2. The first-order valence-corrected chi connectivity index (χ1v) is 9.28. The number of ether oxygens (including phenoxy) is 3. The number of hydrogen-bond acceptors (Lipinski definition) is 6. The van der Waals surface area contributed by atoms with Gasteiger partial charge in [0, 0.05) is 30.6 Å². The summed E-state index contributed by atoms with van der Waals surface area (Å²) in [5.41, 5.74) is 0.982. The van der Waals surface area contributed by atoms with Gasteiger partial charge in [-0.3, -0.25) is 10.1 Å². The van der Waals surface area contributed by atoms with E-state index in [4.69, 9.17) is 25.8 Å². The minimum absolute atomic E-state index is 0.227. The lowest BCUT2D eigenvalue weighted by Crippen LogP contribution is -2.37. The highest BCUT2D eigenvalue weighted by atomic mass is 35.5. The molecule has 0 saturated heterocycles. The second-order valence-electron chi connectivity index (χ2n) is 7.18. The van der Waals surface area contributed by atoms with Gasteiger partial charge in [-0.1, -0.05) is 11.6 Å². The van der Waals surface area contributed by atoms with Crippen molar-refractivity contribution in [1.82, 2.24) is 10.6 Å². The van der Waals surface area contributed by atoms with Crippen LogP contribution in [0.3, 0.4) is 0 Å². The molecule has 0 heterocycles. The summed E-state index contributed by atoms with van der Waals surface area (Å²) >= 11 is 6.09. The quantitative estimate of drug-likeness (QED) is 0.499. The molecule has 0 spiro atoms. The maximum atomic E-state index is 12.0. The lowest BCUT2D eigenvalue weighted by molar-refractivity contribution is -0.146. The highest BCUT2D eigenvalue weighted by Gasteiger charge is 2.16. The monoisotopic (exact) mass is 412 g/mol. The third-order valence-corrected chi connectivity index (χ3v) is 3.60. The van der Waals surface area contributed by atoms with Crippen LogP contribution in [-0.4, -0.2) is 44.1 Å². The van der Waals surface area contributed by atoms with Crippen LogP contribution in [0.25, 0.3) is 6.08 Å². The topological polar surface area (TPSA) is 85.9 Å². The summed E-state index contributed by atoms with van der Waals surface area (Å²) in [7, 11) is 1.57. The van der Waals surface area contributed by atoms with Gasteiger partial charge < -0.3 is 19.5 Å². The molecule has 0 fully saturated rings. The summed E-state index contributed by atoms with van der Waals surface area (Å²) in [5.74, 6) is 0.265. The Morgan fingerprint density at radius 3 is 2.50 bits per heavy atom. The van der Waals surface area contributed by atoms with Crippen LogP contribution in [-0.2, 0) is 14.3 Å². The molecule has 0 aliphatic heterocycles. The summed E-state index contributed by atoms with van der Waals surface area (Å²) in [6, 6.07) is 5.27. The Labute approximate surface area is 171 Å². The largest absolute Gasteiger partial charge is 0.496 e. The van der Waals surface area contributed by atoms with Gasteiger partial charge >= 0.3 is 12.1 Å². The Balaban J connectivity index is 2.95. The fourth-order valence-corrected chi connectivity index (χ4v) is 2.45. The molecule has 0 aliphatic carbocycles. The van der Waals surface area contributed by atoms with E-state index >= 15 is 0 Å². The molecular weight excluding hydrogens is 384 g/mol. The molecule has 1 aromatic rings. The fourth-order valence-electron chi connectivity index (χ4n) is 2.27. The molecule has 28 heavy (non-hydrogen) atoms. The van der Waals surface area contributed by atoms with Crippen molar-refractivity contribution in [1.29, 1.82) is 0 Å². The van der Waals surface area contributed by atoms with Crippen LogP contribution in [0.5, 0.6) is 5.75 Å². The molecule has 8 heteroatoms. The molecule has 1 amide bonds. The van der Waals surface area contributed by atoms with Crippen molar-refractivity contribution < 1.29 is 23.8 Å². The van der Waals surface area contributed by atoms with Gasteiger partial charge in [0.25, 0.3) is 0 Å². The molecule has 0 radical (unpaired) electrons. The number of benzene rings is 1. The molecule has 1 unspecified atom stereocenters. The standard InChI is InChI=1S/C20H29ClN2O5/c1-13(27-14(2)24)22-11-15(12-23-19(25)28-20(3,4)5)9-16-10-17(21)7-8-18(16)26-6/h7-10,13,22H,11-12H2,1-6H3,(H,23,25). The van der Waals surface area contributed by atoms with Crippen LogP contribution in [0.2, 0.25) is 5.02 Å².